The SMILES string of the molecule is CC1=C(C)SC(=C2Sc3ccccc3C2=O)S1. The molecule has 0 N–H and O–H groups in total. The number of ketones is 1. The minimum Gasteiger partial charge on any atom is -0.288 e. The van der Waals surface area contributed by atoms with Crippen LogP contribution in [0, 0.1) is 0 Å². The number of benzene rings is 1. The lowest BCUT2D eigenvalue weighted by atomic mass is 10.1. The van der Waals surface area contributed by atoms with Gasteiger partial charge in [0.05, 0.1) is 9.14 Å². The molecule has 0 unspecified atom stereocenters. The molecular weight excluding hydrogens is 268 g/mol. The smallest absolute Gasteiger partial charge is 0.202 e. The molecule has 4 heteroatoms. The van der Waals surface area contributed by atoms with Crippen LogP contribution in [0.15, 0.2) is 48.1 Å². The molecule has 2 heterocycles. The van der Waals surface area contributed by atoms with Gasteiger partial charge in [0, 0.05) is 10.5 Å². The summed E-state index contributed by atoms with van der Waals surface area (Å²) >= 11 is 5.06. The molecule has 0 bridgehead atoms. The lowest BCUT2D eigenvalue weighted by Crippen LogP contribution is -1.94. The van der Waals surface area contributed by atoms with Crippen molar-refractivity contribution in [3.63, 3.8) is 0 Å². The Hall–Kier alpha value is -0.580. The predicted molar refractivity (Wildman–Crippen MR) is 77.2 cm³/mol. The monoisotopic (exact) mass is 278 g/mol. The van der Waals surface area contributed by atoms with E-state index in [0.29, 0.717) is 0 Å². The molecule has 86 valence electrons. The van der Waals surface area contributed by atoms with Crippen molar-refractivity contribution < 1.29 is 4.79 Å². The molecule has 2 aliphatic heterocycles. The van der Waals surface area contributed by atoms with Crippen LogP contribution in [-0.2, 0) is 0 Å². The maximum Gasteiger partial charge on any atom is 0.202 e. The van der Waals surface area contributed by atoms with Crippen LogP contribution in [0.5, 0.6) is 0 Å². The number of hydrogen-bond donors (Lipinski definition) is 0. The minimum atomic E-state index is 0.183. The summed E-state index contributed by atoms with van der Waals surface area (Å²) in [5.41, 5.74) is 0.850. The van der Waals surface area contributed by atoms with Crippen molar-refractivity contribution in [2.45, 2.75) is 18.7 Å². The van der Waals surface area contributed by atoms with Gasteiger partial charge in [0.2, 0.25) is 5.78 Å². The zero-order chi connectivity index (χ0) is 12.0. The molecule has 3 rings (SSSR count). The number of thioether (sulfide) groups is 3. The van der Waals surface area contributed by atoms with E-state index in [1.54, 1.807) is 35.3 Å². The Morgan fingerprint density at radius 3 is 2.24 bits per heavy atom. The number of hydrogen-bond acceptors (Lipinski definition) is 4. The van der Waals surface area contributed by atoms with Gasteiger partial charge >= 0.3 is 0 Å². The fraction of sp³-hybridized carbons (Fsp3) is 0.154. The van der Waals surface area contributed by atoms with Crippen molar-refractivity contribution in [2.24, 2.45) is 0 Å². The van der Waals surface area contributed by atoms with Gasteiger partial charge in [-0.15, -0.1) is 0 Å². The Morgan fingerprint density at radius 2 is 1.59 bits per heavy atom. The second-order valence-corrected chi connectivity index (χ2v) is 7.62. The van der Waals surface area contributed by atoms with E-state index in [1.165, 1.54) is 9.81 Å². The fourth-order valence-electron chi connectivity index (χ4n) is 1.69. The van der Waals surface area contributed by atoms with Crippen molar-refractivity contribution in [3.05, 3.63) is 48.8 Å². The molecule has 0 fully saturated rings. The average molecular weight is 278 g/mol. The molecular formula is C13H10OS3. The molecule has 17 heavy (non-hydrogen) atoms. The Morgan fingerprint density at radius 1 is 0.941 bits per heavy atom. The standard InChI is InChI=1S/C13H10OS3/c1-7-8(2)16-13(15-7)12-11(14)9-5-3-4-6-10(9)17-12/h3-6H,1-2H3. The third-order valence-electron chi connectivity index (χ3n) is 2.72. The third kappa shape index (κ3) is 1.88. The zero-order valence-corrected chi connectivity index (χ0v) is 11.9. The van der Waals surface area contributed by atoms with E-state index >= 15 is 0 Å². The van der Waals surface area contributed by atoms with Crippen LogP contribution in [-0.4, -0.2) is 5.78 Å². The fourth-order valence-corrected chi connectivity index (χ4v) is 5.50. The molecule has 0 atom stereocenters. The highest BCUT2D eigenvalue weighted by atomic mass is 32.2. The second-order valence-electron chi connectivity index (χ2n) is 3.86. The van der Waals surface area contributed by atoms with Gasteiger partial charge in [0.15, 0.2) is 0 Å². The largest absolute Gasteiger partial charge is 0.288 e. The van der Waals surface area contributed by atoms with E-state index < -0.39 is 0 Å². The molecule has 0 saturated carbocycles. The molecule has 0 saturated heterocycles. The highest BCUT2D eigenvalue weighted by Crippen LogP contribution is 2.55. The number of allylic oxidation sites excluding steroid dienone is 3. The summed E-state index contributed by atoms with van der Waals surface area (Å²) in [6, 6.07) is 7.84. The molecule has 1 aromatic carbocycles. The number of Topliss-reactive ketones (excluding diaryl/α,β-unsaturated/α-hetero) is 1. The van der Waals surface area contributed by atoms with Crippen LogP contribution >= 0.6 is 35.3 Å². The first-order valence-electron chi connectivity index (χ1n) is 5.26. The molecule has 0 aromatic heterocycles. The minimum absolute atomic E-state index is 0.183. The van der Waals surface area contributed by atoms with Gasteiger partial charge in [-0.25, -0.2) is 0 Å². The summed E-state index contributed by atoms with van der Waals surface area (Å²) in [6.45, 7) is 4.22. The first-order valence-corrected chi connectivity index (χ1v) is 7.71. The van der Waals surface area contributed by atoms with Crippen LogP contribution in [0.3, 0.4) is 0 Å². The van der Waals surface area contributed by atoms with Gasteiger partial charge in [-0.2, -0.15) is 0 Å². The number of fused-ring (bicyclic) bond motifs is 1. The first-order chi connectivity index (χ1) is 8.16. The van der Waals surface area contributed by atoms with E-state index in [1.807, 2.05) is 24.3 Å². The average Bonchev–Trinajstić information content (AvgIpc) is 2.82. The highest BCUT2D eigenvalue weighted by Gasteiger charge is 2.31. The summed E-state index contributed by atoms with van der Waals surface area (Å²) in [6.07, 6.45) is 0. The van der Waals surface area contributed by atoms with Gasteiger partial charge in [-0.3, -0.25) is 4.79 Å². The topological polar surface area (TPSA) is 17.1 Å². The molecule has 0 spiro atoms. The first kappa shape index (κ1) is 11.5. The van der Waals surface area contributed by atoms with Crippen molar-refractivity contribution in [3.8, 4) is 0 Å². The van der Waals surface area contributed by atoms with Gasteiger partial charge in [-0.1, -0.05) is 47.4 Å². The Bertz CT molecular complexity index is 568. The quantitative estimate of drug-likeness (QED) is 0.629. The number of carbonyl (C=O) groups is 1. The number of carbonyl (C=O) groups excluding carboxylic acids is 1. The molecule has 1 aromatic rings. The van der Waals surface area contributed by atoms with Gasteiger partial charge in [0.25, 0.3) is 0 Å². The number of rotatable bonds is 0. The summed E-state index contributed by atoms with van der Waals surface area (Å²) in [5, 5.41) is 0. The molecule has 0 radical (unpaired) electrons. The van der Waals surface area contributed by atoms with Crippen LogP contribution in [0.2, 0.25) is 0 Å². The van der Waals surface area contributed by atoms with E-state index in [9.17, 15) is 4.79 Å². The van der Waals surface area contributed by atoms with E-state index in [0.717, 1.165) is 19.6 Å². The van der Waals surface area contributed by atoms with Crippen LogP contribution in [0.4, 0.5) is 0 Å². The van der Waals surface area contributed by atoms with Crippen LogP contribution in [0.1, 0.15) is 24.2 Å². The van der Waals surface area contributed by atoms with E-state index in [4.69, 9.17) is 0 Å². The lowest BCUT2D eigenvalue weighted by Gasteiger charge is -1.99. The van der Waals surface area contributed by atoms with Crippen molar-refractivity contribution in [1.29, 1.82) is 0 Å². The molecule has 2 aliphatic rings. The van der Waals surface area contributed by atoms with Crippen molar-refractivity contribution >= 4 is 41.1 Å². The summed E-state index contributed by atoms with van der Waals surface area (Å²) in [7, 11) is 0. The second kappa shape index (κ2) is 4.26. The summed E-state index contributed by atoms with van der Waals surface area (Å²) < 4.78 is 1.14. The molecule has 1 nitrogen and oxygen atoms in total. The van der Waals surface area contributed by atoms with Crippen molar-refractivity contribution in [1.82, 2.24) is 0 Å². The maximum atomic E-state index is 12.3. The third-order valence-corrected chi connectivity index (χ3v) is 6.78. The van der Waals surface area contributed by atoms with Crippen molar-refractivity contribution in [2.75, 3.05) is 0 Å². The van der Waals surface area contributed by atoms with Gasteiger partial charge < -0.3 is 0 Å². The van der Waals surface area contributed by atoms with E-state index in [-0.39, 0.29) is 5.78 Å². The Kier molecular flexibility index (Phi) is 2.89. The Balaban J connectivity index is 2.01. The molecule has 0 amide bonds. The molecule has 0 aliphatic carbocycles. The van der Waals surface area contributed by atoms with Gasteiger partial charge in [-0.05, 0) is 35.8 Å². The summed E-state index contributed by atoms with van der Waals surface area (Å²) in [5.74, 6) is 0.183. The Labute approximate surface area is 113 Å². The summed E-state index contributed by atoms with van der Waals surface area (Å²) in [4.78, 5) is 16.9. The highest BCUT2D eigenvalue weighted by molar-refractivity contribution is 8.29. The zero-order valence-electron chi connectivity index (χ0n) is 9.44. The lowest BCUT2D eigenvalue weighted by molar-refractivity contribution is 0.104. The van der Waals surface area contributed by atoms with E-state index in [2.05, 4.69) is 13.8 Å². The van der Waals surface area contributed by atoms with Crippen LogP contribution < -0.4 is 0 Å². The maximum absolute atomic E-state index is 12.3. The van der Waals surface area contributed by atoms with Gasteiger partial charge in [0.1, 0.15) is 0 Å². The normalized spacial score (nSPS) is 19.3. The predicted octanol–water partition coefficient (Wildman–Crippen LogP) is 4.88. The van der Waals surface area contributed by atoms with Crippen LogP contribution in [0.25, 0.3) is 0 Å².